The maximum atomic E-state index is 13.6. The van der Waals surface area contributed by atoms with Gasteiger partial charge in [-0.3, -0.25) is 14.4 Å². The van der Waals surface area contributed by atoms with Crippen molar-refractivity contribution in [1.82, 2.24) is 0 Å². The quantitative estimate of drug-likeness (QED) is 0.365. The molecule has 0 aromatic heterocycles. The van der Waals surface area contributed by atoms with E-state index in [9.17, 15) is 39.9 Å². The van der Waals surface area contributed by atoms with Crippen molar-refractivity contribution in [1.29, 1.82) is 0 Å². The van der Waals surface area contributed by atoms with Crippen molar-refractivity contribution in [3.63, 3.8) is 0 Å². The van der Waals surface area contributed by atoms with Crippen molar-refractivity contribution in [2.75, 3.05) is 0 Å². The molecule has 0 heterocycles. The van der Waals surface area contributed by atoms with Gasteiger partial charge in [0.05, 0.1) is 11.7 Å². The Kier molecular flexibility index (Phi) is 4.68. The van der Waals surface area contributed by atoms with Crippen LogP contribution in [0.4, 0.5) is 0 Å². The number of hydrogen-bond acceptors (Lipinski definition) is 8. The summed E-state index contributed by atoms with van der Waals surface area (Å²) >= 11 is 0. The Balaban J connectivity index is 1.74. The number of rotatable bonds is 2. The van der Waals surface area contributed by atoms with Crippen LogP contribution in [0, 0.1) is 11.8 Å². The molecule has 0 saturated heterocycles. The monoisotopic (exact) mass is 463 g/mol. The number of amides is 1. The van der Waals surface area contributed by atoms with Crippen molar-refractivity contribution < 1.29 is 39.9 Å². The van der Waals surface area contributed by atoms with Crippen LogP contribution in [0.15, 0.2) is 65.1 Å². The summed E-state index contributed by atoms with van der Waals surface area (Å²) in [5.74, 6) is -7.67. The average molecular weight is 463 g/mol. The fourth-order valence-corrected chi connectivity index (χ4v) is 5.53. The molecule has 5 rings (SSSR count). The maximum absolute atomic E-state index is 13.6. The summed E-state index contributed by atoms with van der Waals surface area (Å²) in [6.07, 6.45) is -1.91. The lowest BCUT2D eigenvalue weighted by molar-refractivity contribution is -0.145. The van der Waals surface area contributed by atoms with Crippen LogP contribution in [0.2, 0.25) is 0 Å². The smallest absolute Gasteiger partial charge is 0.255 e. The van der Waals surface area contributed by atoms with Gasteiger partial charge in [0.2, 0.25) is 5.78 Å². The summed E-state index contributed by atoms with van der Waals surface area (Å²) in [4.78, 5) is 38.2. The maximum Gasteiger partial charge on any atom is 0.255 e. The van der Waals surface area contributed by atoms with Crippen LogP contribution < -0.4 is 5.73 Å². The molecule has 174 valence electrons. The first kappa shape index (κ1) is 21.9. The number of Topliss-reactive ketones (excluding diaryl/α,β-unsaturated/α-hetero) is 2. The molecule has 0 unspecified atom stereocenters. The molecule has 0 bridgehead atoms. The number of aliphatic hydroxyl groups is 4. The lowest BCUT2D eigenvalue weighted by atomic mass is 9.59. The Morgan fingerprint density at radius 3 is 2.35 bits per heavy atom. The number of phenols is 1. The van der Waals surface area contributed by atoms with Crippen molar-refractivity contribution in [3.8, 4) is 16.9 Å². The Hall–Kier alpha value is -3.95. The van der Waals surface area contributed by atoms with Gasteiger partial charge in [0.25, 0.3) is 5.91 Å². The second-order valence-corrected chi connectivity index (χ2v) is 8.85. The zero-order chi connectivity index (χ0) is 24.5. The van der Waals surface area contributed by atoms with E-state index in [1.165, 1.54) is 6.07 Å². The van der Waals surface area contributed by atoms with Crippen LogP contribution in [0.1, 0.15) is 34.9 Å². The van der Waals surface area contributed by atoms with Gasteiger partial charge in [0.1, 0.15) is 22.8 Å². The lowest BCUT2D eigenvalue weighted by Crippen LogP contribution is -2.57. The first-order valence-corrected chi connectivity index (χ1v) is 10.7. The minimum atomic E-state index is -2.68. The topological polar surface area (TPSA) is 178 Å². The summed E-state index contributed by atoms with van der Waals surface area (Å²) in [5, 5.41) is 54.4. The summed E-state index contributed by atoms with van der Waals surface area (Å²) in [7, 11) is 0. The molecule has 0 aliphatic heterocycles. The average Bonchev–Trinajstić information content (AvgIpc) is 2.79. The summed E-state index contributed by atoms with van der Waals surface area (Å²) in [6, 6.07) is 11.8. The molecule has 3 aliphatic rings. The molecule has 0 spiro atoms. The molecular weight excluding hydrogens is 442 g/mol. The third kappa shape index (κ3) is 2.71. The largest absolute Gasteiger partial charge is 0.511 e. The SMILES string of the molecule is NC(=O)C1=C(O)C[C@@H]2C[C@H]3C(=C(O)[C@]2(O)C1=O)C(=O)c1c(O)ccc(-c2ccccc2)c1[C@H]3O. The van der Waals surface area contributed by atoms with Gasteiger partial charge in [0.15, 0.2) is 11.4 Å². The number of hydrogen-bond donors (Lipinski definition) is 6. The second kappa shape index (κ2) is 7.28. The number of aliphatic hydroxyl groups excluding tert-OH is 3. The van der Waals surface area contributed by atoms with E-state index in [1.807, 2.05) is 0 Å². The Labute approximate surface area is 193 Å². The molecule has 2 aromatic rings. The molecule has 1 amide bonds. The standard InChI is InChI=1S/C25H21NO8/c26-24(33)19-15(28)9-11-8-13-17(22(31)25(11,34)23(19)32)21(30)18-14(27)7-6-12(16(18)20(13)29)10-4-2-1-3-5-10/h1-7,11,13,20,27-29,31,34H,8-9H2,(H2,26,33)/t11-,13-,20-,25-/m0/s1. The van der Waals surface area contributed by atoms with Crippen molar-refractivity contribution >= 4 is 17.5 Å². The molecule has 0 saturated carbocycles. The van der Waals surface area contributed by atoms with Gasteiger partial charge >= 0.3 is 0 Å². The fourth-order valence-electron chi connectivity index (χ4n) is 5.53. The van der Waals surface area contributed by atoms with E-state index >= 15 is 0 Å². The third-order valence-corrected chi connectivity index (χ3v) is 7.12. The van der Waals surface area contributed by atoms with Crippen LogP contribution >= 0.6 is 0 Å². The Morgan fingerprint density at radius 1 is 1.03 bits per heavy atom. The molecule has 2 aromatic carbocycles. The molecule has 4 atom stereocenters. The summed E-state index contributed by atoms with van der Waals surface area (Å²) in [5.41, 5.74) is 2.36. The van der Waals surface area contributed by atoms with Crippen LogP contribution in [0.25, 0.3) is 11.1 Å². The lowest BCUT2D eigenvalue weighted by Gasteiger charge is -2.47. The highest BCUT2D eigenvalue weighted by molar-refractivity contribution is 6.24. The predicted octanol–water partition coefficient (Wildman–Crippen LogP) is 1.74. The number of carbonyl (C=O) groups is 3. The highest BCUT2D eigenvalue weighted by Gasteiger charge is 2.61. The van der Waals surface area contributed by atoms with Gasteiger partial charge in [0, 0.05) is 29.4 Å². The second-order valence-electron chi connectivity index (χ2n) is 8.85. The van der Waals surface area contributed by atoms with E-state index in [0.717, 1.165) is 0 Å². The Bertz CT molecular complexity index is 1340. The van der Waals surface area contributed by atoms with Gasteiger partial charge in [-0.15, -0.1) is 0 Å². The van der Waals surface area contributed by atoms with E-state index in [4.69, 9.17) is 5.73 Å². The van der Waals surface area contributed by atoms with Gasteiger partial charge in [-0.05, 0) is 23.6 Å². The number of fused-ring (bicyclic) bond motifs is 3. The van der Waals surface area contributed by atoms with Crippen LogP contribution in [0.5, 0.6) is 5.75 Å². The highest BCUT2D eigenvalue weighted by Crippen LogP contribution is 2.55. The predicted molar refractivity (Wildman–Crippen MR) is 118 cm³/mol. The molecule has 9 nitrogen and oxygen atoms in total. The minimum Gasteiger partial charge on any atom is -0.511 e. The molecule has 0 radical (unpaired) electrons. The number of nitrogens with two attached hydrogens (primary N) is 1. The first-order valence-electron chi connectivity index (χ1n) is 10.7. The summed E-state index contributed by atoms with van der Waals surface area (Å²) < 4.78 is 0. The number of benzene rings is 2. The minimum absolute atomic E-state index is 0.159. The number of ketones is 2. The van der Waals surface area contributed by atoms with Crippen LogP contribution in [-0.4, -0.2) is 48.6 Å². The molecule has 9 heteroatoms. The number of phenolic OH excluding ortho intramolecular Hbond substituents is 1. The molecular formula is C25H21NO8. The number of carbonyl (C=O) groups excluding carboxylic acids is 3. The highest BCUT2D eigenvalue weighted by atomic mass is 16.3. The normalized spacial score (nSPS) is 28.4. The van der Waals surface area contributed by atoms with E-state index in [-0.39, 0.29) is 24.0 Å². The van der Waals surface area contributed by atoms with Crippen molar-refractivity contribution in [2.45, 2.75) is 24.5 Å². The zero-order valence-corrected chi connectivity index (χ0v) is 17.7. The Morgan fingerprint density at radius 2 is 1.71 bits per heavy atom. The van der Waals surface area contributed by atoms with Crippen LogP contribution in [0.3, 0.4) is 0 Å². The van der Waals surface area contributed by atoms with E-state index < -0.39 is 69.4 Å². The van der Waals surface area contributed by atoms with Gasteiger partial charge in [-0.1, -0.05) is 36.4 Å². The number of allylic oxidation sites excluding steroid dienone is 1. The van der Waals surface area contributed by atoms with Crippen molar-refractivity contribution in [2.24, 2.45) is 17.6 Å². The van der Waals surface area contributed by atoms with Gasteiger partial charge in [-0.2, -0.15) is 0 Å². The van der Waals surface area contributed by atoms with Crippen LogP contribution in [-0.2, 0) is 9.59 Å². The zero-order valence-electron chi connectivity index (χ0n) is 17.7. The number of aromatic hydroxyl groups is 1. The number of primary amides is 1. The van der Waals surface area contributed by atoms with Gasteiger partial charge < -0.3 is 31.3 Å². The molecule has 0 fully saturated rings. The first-order chi connectivity index (χ1) is 16.1. The van der Waals surface area contributed by atoms with Crippen molar-refractivity contribution in [3.05, 3.63) is 76.3 Å². The van der Waals surface area contributed by atoms with E-state index in [0.29, 0.717) is 11.1 Å². The molecule has 7 N–H and O–H groups in total. The molecule has 34 heavy (non-hydrogen) atoms. The van der Waals surface area contributed by atoms with Gasteiger partial charge in [-0.25, -0.2) is 0 Å². The van der Waals surface area contributed by atoms with E-state index in [2.05, 4.69) is 0 Å². The third-order valence-electron chi connectivity index (χ3n) is 7.12. The summed E-state index contributed by atoms with van der Waals surface area (Å²) in [6.45, 7) is 0. The van der Waals surface area contributed by atoms with E-state index in [1.54, 1.807) is 36.4 Å². The fraction of sp³-hybridized carbons (Fsp3) is 0.240. The molecule has 3 aliphatic carbocycles.